The van der Waals surface area contributed by atoms with Crippen LogP contribution in [0.2, 0.25) is 11.1 Å². The molecule has 0 amide bonds. The molecule has 154 valence electrons. The molecule has 1 unspecified atom stereocenters. The lowest BCUT2D eigenvalue weighted by atomic mass is 10.1. The molecule has 30 heavy (non-hydrogen) atoms. The Hall–Kier alpha value is -2.68. The van der Waals surface area contributed by atoms with Crippen molar-refractivity contribution in [3.63, 3.8) is 0 Å². The quantitative estimate of drug-likeness (QED) is 0.391. The highest BCUT2D eigenvalue weighted by Crippen LogP contribution is 2.40. The molecule has 3 aromatic carbocycles. The molecule has 0 aliphatic heterocycles. The van der Waals surface area contributed by atoms with Gasteiger partial charge in [-0.1, -0.05) is 141 Å². The van der Waals surface area contributed by atoms with Crippen LogP contribution in [0.15, 0.2) is 109 Å². The fourth-order valence-corrected chi connectivity index (χ4v) is 9.71. The van der Waals surface area contributed by atoms with E-state index in [2.05, 4.69) is 88.0 Å². The van der Waals surface area contributed by atoms with Crippen LogP contribution in [0.5, 0.6) is 0 Å². The van der Waals surface area contributed by atoms with Crippen LogP contribution in [0.25, 0.3) is 6.08 Å². The summed E-state index contributed by atoms with van der Waals surface area (Å²) >= 11 is 0. The van der Waals surface area contributed by atoms with Gasteiger partial charge in [0, 0.05) is 0 Å². The Balaban J connectivity index is 2.00. The normalized spacial score (nSPS) is 13.3. The minimum atomic E-state index is -2.28. The van der Waals surface area contributed by atoms with Gasteiger partial charge in [0.05, 0.1) is 6.10 Å². The summed E-state index contributed by atoms with van der Waals surface area (Å²) in [7, 11) is -2.28. The molecule has 0 radical (unpaired) electrons. The van der Waals surface area contributed by atoms with Gasteiger partial charge in [0.15, 0.2) is 0 Å². The molecule has 0 spiro atoms. The van der Waals surface area contributed by atoms with Crippen molar-refractivity contribution in [2.75, 3.05) is 0 Å². The summed E-state index contributed by atoms with van der Waals surface area (Å²) in [5, 5.41) is 13.7. The van der Waals surface area contributed by atoms with Gasteiger partial charge in [-0.25, -0.2) is 0 Å². The maximum atomic E-state index is 10.9. The lowest BCUT2D eigenvalue weighted by Crippen LogP contribution is -2.64. The fraction of sp³-hybridized carbons (Fsp3) is 0.214. The van der Waals surface area contributed by atoms with Crippen molar-refractivity contribution in [1.29, 1.82) is 0 Å². The van der Waals surface area contributed by atoms with Crippen molar-refractivity contribution in [3.8, 4) is 0 Å². The van der Waals surface area contributed by atoms with Crippen molar-refractivity contribution < 1.29 is 5.11 Å². The number of aliphatic hydroxyl groups is 1. The molecule has 0 bridgehead atoms. The largest absolute Gasteiger partial charge is 0.385 e. The lowest BCUT2D eigenvalue weighted by Gasteiger charge is -2.45. The first-order chi connectivity index (χ1) is 14.3. The molecule has 0 saturated heterocycles. The van der Waals surface area contributed by atoms with Crippen molar-refractivity contribution in [2.24, 2.45) is 0 Å². The first-order valence-electron chi connectivity index (χ1n) is 10.5. The van der Waals surface area contributed by atoms with Crippen molar-refractivity contribution in [2.45, 2.75) is 38.0 Å². The molecule has 1 atom stereocenters. The Kier molecular flexibility index (Phi) is 6.91. The molecule has 0 aliphatic carbocycles. The third-order valence-corrected chi connectivity index (χ3v) is 12.2. The topological polar surface area (TPSA) is 20.2 Å². The van der Waals surface area contributed by atoms with E-state index in [1.165, 1.54) is 10.4 Å². The Morgan fingerprint density at radius 1 is 0.833 bits per heavy atom. The summed E-state index contributed by atoms with van der Waals surface area (Å²) in [6.45, 7) is 11.3. The molecule has 1 N–H and O–H groups in total. The van der Waals surface area contributed by atoms with E-state index in [4.69, 9.17) is 0 Å². The summed E-state index contributed by atoms with van der Waals surface area (Å²) in [5.41, 5.74) is 1.95. The van der Waals surface area contributed by atoms with Gasteiger partial charge in [0.2, 0.25) is 0 Å². The second-order valence-electron chi connectivity index (χ2n) is 8.94. The van der Waals surface area contributed by atoms with Gasteiger partial charge < -0.3 is 5.11 Å². The molecule has 0 fully saturated rings. The van der Waals surface area contributed by atoms with E-state index in [0.717, 1.165) is 17.2 Å². The molecule has 3 aromatic rings. The molecule has 2 heteroatoms. The maximum Gasteiger partial charge on any atom is 0.127 e. The van der Waals surface area contributed by atoms with Gasteiger partial charge in [-0.3, -0.25) is 0 Å². The molecule has 0 aliphatic rings. The standard InChI is InChI=1S/C28H32OSi/c1-23(27(29)21-20-24-14-8-5-9-15-24)22-30(28(2,3)4,25-16-10-6-11-17-25)26-18-12-7-13-19-26/h5-21,27,29H,1,22H2,2-4H3/b21-20+. The molecule has 3 rings (SSSR count). The van der Waals surface area contributed by atoms with E-state index in [1.54, 1.807) is 0 Å². The van der Waals surface area contributed by atoms with Crippen molar-refractivity contribution >= 4 is 24.5 Å². The van der Waals surface area contributed by atoms with Gasteiger partial charge in [0.1, 0.15) is 8.07 Å². The monoisotopic (exact) mass is 412 g/mol. The Bertz CT molecular complexity index is 930. The zero-order valence-corrected chi connectivity index (χ0v) is 19.3. The highest BCUT2D eigenvalue weighted by Gasteiger charge is 2.47. The van der Waals surface area contributed by atoms with E-state index in [1.807, 2.05) is 42.5 Å². The number of benzene rings is 3. The zero-order chi connectivity index (χ0) is 21.6. The average molecular weight is 413 g/mol. The van der Waals surface area contributed by atoms with Crippen LogP contribution in [0, 0.1) is 0 Å². The Morgan fingerprint density at radius 2 is 1.27 bits per heavy atom. The van der Waals surface area contributed by atoms with Gasteiger partial charge in [0.25, 0.3) is 0 Å². The number of rotatable bonds is 7. The van der Waals surface area contributed by atoms with Gasteiger partial charge in [-0.05, 0) is 22.2 Å². The molecular formula is C28H32OSi. The maximum absolute atomic E-state index is 10.9. The van der Waals surface area contributed by atoms with Crippen LogP contribution < -0.4 is 10.4 Å². The summed E-state index contributed by atoms with van der Waals surface area (Å²) < 4.78 is 0. The van der Waals surface area contributed by atoms with Gasteiger partial charge >= 0.3 is 0 Å². The smallest absolute Gasteiger partial charge is 0.127 e. The Morgan fingerprint density at radius 3 is 1.70 bits per heavy atom. The summed E-state index contributed by atoms with van der Waals surface area (Å²) in [6, 6.07) is 32.5. The fourth-order valence-electron chi connectivity index (χ4n) is 4.29. The minimum Gasteiger partial charge on any atom is -0.385 e. The predicted octanol–water partition coefficient (Wildman–Crippen LogP) is 5.68. The molecule has 1 nitrogen and oxygen atoms in total. The SMILES string of the molecule is C=C(C[Si](c1ccccc1)(c1ccccc1)C(C)(C)C)C(O)/C=C/c1ccccc1. The summed E-state index contributed by atoms with van der Waals surface area (Å²) in [5.74, 6) is 0. The summed E-state index contributed by atoms with van der Waals surface area (Å²) in [4.78, 5) is 0. The van der Waals surface area contributed by atoms with Crippen LogP contribution in [-0.4, -0.2) is 19.3 Å². The highest BCUT2D eigenvalue weighted by molar-refractivity contribution is 7.04. The van der Waals surface area contributed by atoms with Crippen molar-refractivity contribution in [3.05, 3.63) is 115 Å². The number of hydrogen-bond donors (Lipinski definition) is 1. The first kappa shape index (κ1) is 22.0. The second kappa shape index (κ2) is 9.42. The van der Waals surface area contributed by atoms with Crippen molar-refractivity contribution in [1.82, 2.24) is 0 Å². The molecule has 0 heterocycles. The van der Waals surface area contributed by atoms with Crippen LogP contribution in [0.4, 0.5) is 0 Å². The third-order valence-electron chi connectivity index (χ3n) is 5.99. The average Bonchev–Trinajstić information content (AvgIpc) is 2.76. The van der Waals surface area contributed by atoms with E-state index in [9.17, 15) is 5.11 Å². The van der Waals surface area contributed by atoms with E-state index in [-0.39, 0.29) is 5.04 Å². The molecule has 0 aromatic heterocycles. The van der Waals surface area contributed by atoms with E-state index >= 15 is 0 Å². The van der Waals surface area contributed by atoms with E-state index < -0.39 is 14.2 Å². The number of hydrogen-bond acceptors (Lipinski definition) is 1. The van der Waals surface area contributed by atoms with Crippen LogP contribution in [-0.2, 0) is 0 Å². The minimum absolute atomic E-state index is 0.0432. The van der Waals surface area contributed by atoms with E-state index in [0.29, 0.717) is 0 Å². The van der Waals surface area contributed by atoms with Crippen LogP contribution >= 0.6 is 0 Å². The first-order valence-corrected chi connectivity index (χ1v) is 12.8. The summed E-state index contributed by atoms with van der Waals surface area (Å²) in [6.07, 6.45) is 3.16. The van der Waals surface area contributed by atoms with Crippen LogP contribution in [0.1, 0.15) is 26.3 Å². The highest BCUT2D eigenvalue weighted by atomic mass is 28.3. The Labute approximate surface area is 182 Å². The molecular weight excluding hydrogens is 380 g/mol. The third kappa shape index (κ3) is 4.72. The van der Waals surface area contributed by atoms with Crippen LogP contribution in [0.3, 0.4) is 0 Å². The van der Waals surface area contributed by atoms with Gasteiger partial charge in [-0.15, -0.1) is 0 Å². The second-order valence-corrected chi connectivity index (χ2v) is 13.8. The predicted molar refractivity (Wildman–Crippen MR) is 133 cm³/mol. The van der Waals surface area contributed by atoms with Gasteiger partial charge in [-0.2, -0.15) is 0 Å². The molecule has 0 saturated carbocycles. The lowest BCUT2D eigenvalue weighted by molar-refractivity contribution is 0.260. The number of aliphatic hydroxyl groups excluding tert-OH is 1. The zero-order valence-electron chi connectivity index (χ0n) is 18.3.